The van der Waals surface area contributed by atoms with Gasteiger partial charge in [0.2, 0.25) is 10.4 Å². The number of ether oxygens (including phenoxy) is 1. The highest BCUT2D eigenvalue weighted by Crippen LogP contribution is 2.40. The lowest BCUT2D eigenvalue weighted by molar-refractivity contribution is -0.0742. The molecule has 0 bridgehead atoms. The first-order valence-electron chi connectivity index (χ1n) is 5.49. The molecule has 0 aromatic carbocycles. The highest BCUT2D eigenvalue weighted by molar-refractivity contribution is 7.71. The van der Waals surface area contributed by atoms with E-state index in [1.807, 2.05) is 5.92 Å². The molecule has 1 aliphatic heterocycles. The summed E-state index contributed by atoms with van der Waals surface area (Å²) in [4.78, 5) is 3.53. The molecule has 1 fully saturated rings. The fourth-order valence-corrected chi connectivity index (χ4v) is 2.19. The predicted molar refractivity (Wildman–Crippen MR) is 67.1 cm³/mol. The maximum atomic E-state index is 14.0. The smallest absolute Gasteiger partial charge is 0.204 e. The number of aromatic nitrogens is 2. The van der Waals surface area contributed by atoms with Gasteiger partial charge in [0, 0.05) is 6.20 Å². The van der Waals surface area contributed by atoms with Crippen molar-refractivity contribution < 1.29 is 23.7 Å². The average Bonchev–Trinajstić information content (AvgIpc) is 2.67. The summed E-state index contributed by atoms with van der Waals surface area (Å²) < 4.78 is 33.2. The molecular weight excluding hydrogens is 292 g/mol. The van der Waals surface area contributed by atoms with Crippen molar-refractivity contribution in [3.63, 3.8) is 0 Å². The van der Waals surface area contributed by atoms with Crippen LogP contribution in [0.4, 0.5) is 14.6 Å². The molecule has 9 heteroatoms. The first kappa shape index (κ1) is 14.8. The van der Waals surface area contributed by atoms with Crippen molar-refractivity contribution in [2.75, 3.05) is 12.3 Å². The molecule has 0 saturated carbocycles. The van der Waals surface area contributed by atoms with E-state index in [-0.39, 0.29) is 4.77 Å². The summed E-state index contributed by atoms with van der Waals surface area (Å²) in [6, 6.07) is 0. The van der Waals surface area contributed by atoms with Crippen LogP contribution in [0.15, 0.2) is 6.20 Å². The zero-order valence-corrected chi connectivity index (χ0v) is 10.8. The van der Waals surface area contributed by atoms with Crippen LogP contribution in [0.5, 0.6) is 0 Å². The number of aliphatic hydroxyl groups is 2. The Balaban J connectivity index is 2.55. The molecule has 2 heterocycles. The SMILES string of the molecule is C#CC1(O)C(F)C(CO)OC1n1cc(F)c(N)nc1=S. The molecule has 6 nitrogen and oxygen atoms in total. The van der Waals surface area contributed by atoms with Gasteiger partial charge in [0.1, 0.15) is 6.10 Å². The summed E-state index contributed by atoms with van der Waals surface area (Å²) in [7, 11) is 0. The number of halogens is 2. The first-order chi connectivity index (χ1) is 9.35. The van der Waals surface area contributed by atoms with Gasteiger partial charge in [-0.3, -0.25) is 4.57 Å². The van der Waals surface area contributed by atoms with Crippen LogP contribution in [-0.2, 0) is 4.74 Å². The summed E-state index contributed by atoms with van der Waals surface area (Å²) in [5, 5.41) is 19.2. The minimum Gasteiger partial charge on any atom is -0.394 e. The number of terminal acetylenes is 1. The lowest BCUT2D eigenvalue weighted by atomic mass is 9.96. The van der Waals surface area contributed by atoms with Crippen molar-refractivity contribution in [1.82, 2.24) is 9.55 Å². The molecule has 0 amide bonds. The number of nitrogens with two attached hydrogens (primary N) is 1. The lowest BCUT2D eigenvalue weighted by Crippen LogP contribution is -2.43. The van der Waals surface area contributed by atoms with E-state index in [4.69, 9.17) is 34.2 Å². The van der Waals surface area contributed by atoms with Gasteiger partial charge in [-0.1, -0.05) is 5.92 Å². The Morgan fingerprint density at radius 3 is 2.90 bits per heavy atom. The van der Waals surface area contributed by atoms with E-state index in [9.17, 15) is 13.9 Å². The molecule has 0 aliphatic carbocycles. The minimum absolute atomic E-state index is 0.242. The third-order valence-corrected chi connectivity index (χ3v) is 3.33. The second-order valence-corrected chi connectivity index (χ2v) is 4.61. The van der Waals surface area contributed by atoms with Crippen molar-refractivity contribution in [1.29, 1.82) is 0 Å². The second kappa shape index (κ2) is 5.06. The molecular formula is C11H11F2N3O3S. The molecule has 4 unspecified atom stereocenters. The van der Waals surface area contributed by atoms with E-state index in [1.165, 1.54) is 0 Å². The summed E-state index contributed by atoms with van der Waals surface area (Å²) in [6.45, 7) is -0.708. The third-order valence-electron chi connectivity index (χ3n) is 3.02. The van der Waals surface area contributed by atoms with Gasteiger partial charge in [0.15, 0.2) is 24.0 Å². The molecule has 4 N–H and O–H groups in total. The van der Waals surface area contributed by atoms with E-state index in [0.29, 0.717) is 0 Å². The summed E-state index contributed by atoms with van der Waals surface area (Å²) >= 11 is 4.86. The standard InChI is InChI=1S/C11H11F2N3O3S/c1-2-11(18)7(13)6(4-17)19-9(11)16-3-5(12)8(14)15-10(16)20/h1,3,6-7,9,17-18H,4H2,(H2,14,15,20). The quantitative estimate of drug-likeness (QED) is 0.523. The largest absolute Gasteiger partial charge is 0.394 e. The number of anilines is 1. The molecule has 1 aliphatic rings. The molecule has 20 heavy (non-hydrogen) atoms. The van der Waals surface area contributed by atoms with Crippen molar-refractivity contribution >= 4 is 18.0 Å². The summed E-state index contributed by atoms with van der Waals surface area (Å²) in [6.07, 6.45) is 1.00. The fraction of sp³-hybridized carbons (Fsp3) is 0.455. The molecule has 108 valence electrons. The van der Waals surface area contributed by atoms with Gasteiger partial charge in [0.25, 0.3) is 0 Å². The molecule has 4 atom stereocenters. The predicted octanol–water partition coefficient (Wildman–Crippen LogP) is -0.0740. The normalized spacial score (nSPS) is 33.0. The Bertz CT molecular complexity index is 632. The molecule has 0 radical (unpaired) electrons. The van der Waals surface area contributed by atoms with Gasteiger partial charge in [-0.25, -0.2) is 8.78 Å². The molecule has 0 spiro atoms. The van der Waals surface area contributed by atoms with Crippen LogP contribution in [-0.4, -0.2) is 44.2 Å². The van der Waals surface area contributed by atoms with Crippen LogP contribution >= 0.6 is 12.2 Å². The van der Waals surface area contributed by atoms with Crippen molar-refractivity contribution in [2.45, 2.75) is 24.1 Å². The average molecular weight is 303 g/mol. The number of hydrogen-bond donors (Lipinski definition) is 3. The zero-order chi connectivity index (χ0) is 15.1. The van der Waals surface area contributed by atoms with Crippen LogP contribution in [0.2, 0.25) is 0 Å². The Kier molecular flexibility index (Phi) is 3.75. The van der Waals surface area contributed by atoms with E-state index in [2.05, 4.69) is 4.98 Å². The fourth-order valence-electron chi connectivity index (χ4n) is 1.95. The number of aliphatic hydroxyl groups excluding tert-OH is 1. The number of hydrogen-bond acceptors (Lipinski definition) is 6. The lowest BCUT2D eigenvalue weighted by Gasteiger charge is -2.26. The van der Waals surface area contributed by atoms with Gasteiger partial charge in [-0.2, -0.15) is 4.98 Å². The minimum atomic E-state index is -2.41. The van der Waals surface area contributed by atoms with E-state index >= 15 is 0 Å². The van der Waals surface area contributed by atoms with Crippen LogP contribution in [0.25, 0.3) is 0 Å². The Morgan fingerprint density at radius 2 is 2.35 bits per heavy atom. The topological polar surface area (TPSA) is 93.5 Å². The maximum absolute atomic E-state index is 14.0. The van der Waals surface area contributed by atoms with Crippen molar-refractivity contribution in [3.8, 4) is 12.3 Å². The van der Waals surface area contributed by atoms with Crippen molar-refractivity contribution in [3.05, 3.63) is 16.8 Å². The van der Waals surface area contributed by atoms with Gasteiger partial charge in [-0.05, 0) is 12.2 Å². The van der Waals surface area contributed by atoms with Crippen LogP contribution in [0, 0.1) is 22.9 Å². The van der Waals surface area contributed by atoms with Gasteiger partial charge in [0.05, 0.1) is 6.61 Å². The number of nitrogens with zero attached hydrogens (tertiary/aromatic N) is 2. The van der Waals surface area contributed by atoms with Crippen LogP contribution in [0.1, 0.15) is 6.23 Å². The van der Waals surface area contributed by atoms with Crippen LogP contribution in [0.3, 0.4) is 0 Å². The van der Waals surface area contributed by atoms with Gasteiger partial charge < -0.3 is 20.7 Å². The monoisotopic (exact) mass is 303 g/mol. The molecule has 1 aromatic rings. The van der Waals surface area contributed by atoms with Gasteiger partial charge in [-0.15, -0.1) is 6.42 Å². The maximum Gasteiger partial charge on any atom is 0.204 e. The third kappa shape index (κ3) is 2.06. The van der Waals surface area contributed by atoms with E-state index < -0.39 is 42.3 Å². The second-order valence-electron chi connectivity index (χ2n) is 4.24. The number of alkyl halides is 1. The van der Waals surface area contributed by atoms with Crippen LogP contribution < -0.4 is 5.73 Å². The molecule has 2 rings (SSSR count). The highest BCUT2D eigenvalue weighted by atomic mass is 32.1. The Hall–Kier alpha value is -1.60. The Morgan fingerprint density at radius 1 is 1.70 bits per heavy atom. The molecule has 1 saturated heterocycles. The summed E-state index contributed by atoms with van der Waals surface area (Å²) in [5.41, 5.74) is 2.84. The van der Waals surface area contributed by atoms with Crippen molar-refractivity contribution in [2.24, 2.45) is 0 Å². The van der Waals surface area contributed by atoms with E-state index in [1.54, 1.807) is 0 Å². The Labute approximate surface area is 117 Å². The number of nitrogen functional groups attached to an aromatic ring is 1. The highest BCUT2D eigenvalue weighted by Gasteiger charge is 2.56. The zero-order valence-electron chi connectivity index (χ0n) is 10.0. The van der Waals surface area contributed by atoms with Gasteiger partial charge >= 0.3 is 0 Å². The first-order valence-corrected chi connectivity index (χ1v) is 5.90. The molecule has 1 aromatic heterocycles. The number of rotatable bonds is 2. The summed E-state index contributed by atoms with van der Waals surface area (Å²) in [5.74, 6) is 0.493. The van der Waals surface area contributed by atoms with E-state index in [0.717, 1.165) is 10.8 Å².